The Morgan fingerprint density at radius 3 is 0.952 bits per heavy atom. The Hall–Kier alpha value is -9.54. The fourth-order valence-electron chi connectivity index (χ4n) is 11.3. The van der Waals surface area contributed by atoms with Gasteiger partial charge in [-0.2, -0.15) is 30.0 Å². The minimum absolute atomic E-state index is 0.391. The van der Waals surface area contributed by atoms with E-state index < -0.39 is 0 Å². The van der Waals surface area contributed by atoms with Crippen LogP contribution in [0.1, 0.15) is 99.4 Å². The molecule has 0 saturated carbocycles. The molecule has 2 unspecified atom stereocenters. The summed E-state index contributed by atoms with van der Waals surface area (Å²) in [6.07, 6.45) is 12.8. The van der Waals surface area contributed by atoms with Crippen LogP contribution in [0.25, 0.3) is 0 Å². The maximum Gasteiger partial charge on any atom is 0.243 e. The van der Waals surface area contributed by atoms with E-state index >= 15 is 0 Å². The molecule has 0 saturated heterocycles. The van der Waals surface area contributed by atoms with E-state index in [0.29, 0.717) is 47.2 Å². The second-order valence-electron chi connectivity index (χ2n) is 21.5. The summed E-state index contributed by atoms with van der Waals surface area (Å²) in [6, 6.07) is 69.5. The number of benzene rings is 8. The molecule has 2 atom stereocenters. The van der Waals surface area contributed by atoms with Gasteiger partial charge in [0.2, 0.25) is 17.9 Å². The molecule has 412 valence electrons. The van der Waals surface area contributed by atoms with E-state index in [4.69, 9.17) is 30.0 Å². The van der Waals surface area contributed by atoms with Crippen LogP contribution in [0.2, 0.25) is 0 Å². The minimum Gasteiger partial charge on any atom is -0.311 e. The first kappa shape index (κ1) is 54.1. The van der Waals surface area contributed by atoms with Crippen LogP contribution in [0.5, 0.6) is 0 Å². The van der Waals surface area contributed by atoms with Gasteiger partial charge in [0, 0.05) is 67.9 Å². The van der Waals surface area contributed by atoms with E-state index in [1.54, 1.807) is 4.90 Å². The third kappa shape index (κ3) is 11.2. The smallest absolute Gasteiger partial charge is 0.243 e. The van der Waals surface area contributed by atoms with Crippen molar-refractivity contribution >= 4 is 80.9 Å². The van der Waals surface area contributed by atoms with Crippen molar-refractivity contribution in [3.8, 4) is 0 Å². The Bertz CT molecular complexity index is 3730. The van der Waals surface area contributed by atoms with Gasteiger partial charge in [-0.1, -0.05) is 121 Å². The Labute approximate surface area is 489 Å². The van der Waals surface area contributed by atoms with E-state index in [2.05, 4.69) is 276 Å². The van der Waals surface area contributed by atoms with Gasteiger partial charge in [0.1, 0.15) is 0 Å². The molecule has 8 aromatic rings. The number of anilines is 8. The molecule has 0 spiro atoms. The van der Waals surface area contributed by atoms with E-state index in [0.717, 1.165) is 106 Å². The van der Waals surface area contributed by atoms with Crippen molar-refractivity contribution in [2.75, 3.05) is 14.7 Å². The van der Waals surface area contributed by atoms with Gasteiger partial charge in [-0.3, -0.25) is 0 Å². The fraction of sp³-hybridized carbons (Fsp3) is 0.205. The zero-order valence-corrected chi connectivity index (χ0v) is 48.6. The standard InChI is InChI=1S/C73H70N10/c1-8-50-19-14-24-62(43-50)80(63-25-15-20-51(9-2)44-63)59-37-30-56(31-38-59)68-74-71-75-69(57-32-39-60(40-33-57)81(64-26-16-21-52(10-3)45-64)65-27-17-22-53(11-4)46-65)77-73-79-70(78-72(76-68)83(71)73)58-34-41-61(42-35-58)82(66-28-18-23-54(12-5)47-66)67-36-29-49(7)55(13-6)48-67/h14-49,55H,8-13H2,1-7H3. The van der Waals surface area contributed by atoms with Crippen LogP contribution in [0.3, 0.4) is 0 Å². The average molecular weight is 1090 g/mol. The van der Waals surface area contributed by atoms with E-state index in [1.807, 2.05) is 0 Å². The first-order valence-electron chi connectivity index (χ1n) is 29.6. The lowest BCUT2D eigenvalue weighted by atomic mass is 9.86. The average Bonchev–Trinajstić information content (AvgIpc) is 3.73. The summed E-state index contributed by atoms with van der Waals surface area (Å²) in [5, 5.41) is 0. The molecule has 0 fully saturated rings. The van der Waals surface area contributed by atoms with Crippen LogP contribution in [-0.2, 0) is 32.1 Å². The summed E-state index contributed by atoms with van der Waals surface area (Å²) in [5.41, 5.74) is 18.6. The van der Waals surface area contributed by atoms with Crippen molar-refractivity contribution in [2.45, 2.75) is 87.0 Å². The van der Waals surface area contributed by atoms with Crippen molar-refractivity contribution in [1.82, 2.24) is 4.90 Å². The lowest BCUT2D eigenvalue weighted by Gasteiger charge is -2.32. The molecule has 4 aliphatic rings. The molecule has 0 aromatic heterocycles. The molecule has 8 aromatic carbocycles. The van der Waals surface area contributed by atoms with Crippen LogP contribution >= 0.6 is 0 Å². The summed E-state index contributed by atoms with van der Waals surface area (Å²) in [7, 11) is 0. The van der Waals surface area contributed by atoms with E-state index in [9.17, 15) is 0 Å². The van der Waals surface area contributed by atoms with Crippen molar-refractivity contribution < 1.29 is 0 Å². The van der Waals surface area contributed by atoms with Gasteiger partial charge in [0.05, 0.1) is 0 Å². The summed E-state index contributed by atoms with van der Waals surface area (Å²) in [6.45, 7) is 15.6. The van der Waals surface area contributed by atoms with Crippen LogP contribution in [0.15, 0.2) is 248 Å². The zero-order valence-electron chi connectivity index (χ0n) is 48.6. The lowest BCUT2D eigenvalue weighted by Crippen LogP contribution is -2.48. The van der Waals surface area contributed by atoms with E-state index in [1.165, 1.54) is 27.8 Å². The topological polar surface area (TPSA) is 87.1 Å². The zero-order chi connectivity index (χ0) is 57.0. The van der Waals surface area contributed by atoms with Crippen molar-refractivity contribution in [1.29, 1.82) is 0 Å². The van der Waals surface area contributed by atoms with Crippen molar-refractivity contribution in [3.05, 3.63) is 263 Å². The molecule has 0 radical (unpaired) electrons. The number of hydrogen-bond donors (Lipinski definition) is 0. The van der Waals surface area contributed by atoms with Gasteiger partial charge in [-0.25, -0.2) is 4.90 Å². The number of aliphatic imine (C=N–C) groups is 6. The SMILES string of the molecule is CCc1cccc(N(C2=CC(CC)C(C)C=C2)c2ccc(C3=NC4=NC(c5ccc(N(c6cccc(CC)c6)c6cccc(CC)c6)cc5)=NC5=NC(c6ccc(N(c7cccc(CC)c7)c7cccc(CC)c7)cc6)=NC(=N3)N45)cc2)c1. The second kappa shape index (κ2) is 23.9. The highest BCUT2D eigenvalue weighted by Gasteiger charge is 2.36. The Kier molecular flexibility index (Phi) is 15.6. The van der Waals surface area contributed by atoms with Gasteiger partial charge in [0.15, 0.2) is 17.5 Å². The molecule has 0 amide bonds. The third-order valence-electron chi connectivity index (χ3n) is 16.2. The number of rotatable bonds is 18. The van der Waals surface area contributed by atoms with Crippen LogP contribution in [0, 0.1) is 11.8 Å². The lowest BCUT2D eigenvalue weighted by molar-refractivity contribution is 0.488. The maximum atomic E-state index is 5.20. The molecule has 1 aliphatic carbocycles. The quantitative estimate of drug-likeness (QED) is 0.0856. The van der Waals surface area contributed by atoms with Gasteiger partial charge in [-0.15, -0.1) is 0 Å². The predicted octanol–water partition coefficient (Wildman–Crippen LogP) is 17.7. The number of hydrogen-bond acceptors (Lipinski definition) is 10. The predicted molar refractivity (Wildman–Crippen MR) is 348 cm³/mol. The normalized spacial score (nSPS) is 16.1. The van der Waals surface area contributed by atoms with E-state index in [-0.39, 0.29) is 0 Å². The highest BCUT2D eigenvalue weighted by Crippen LogP contribution is 2.40. The third-order valence-corrected chi connectivity index (χ3v) is 16.2. The maximum absolute atomic E-state index is 5.20. The highest BCUT2D eigenvalue weighted by molar-refractivity contribution is 6.34. The molecule has 10 heteroatoms. The van der Waals surface area contributed by atoms with Crippen LogP contribution in [0.4, 0.5) is 45.5 Å². The molecule has 12 rings (SSSR count). The summed E-state index contributed by atoms with van der Waals surface area (Å²) in [4.78, 5) is 39.9. The molecule has 3 aliphatic heterocycles. The summed E-state index contributed by atoms with van der Waals surface area (Å²) < 4.78 is 0. The first-order chi connectivity index (χ1) is 40.7. The second-order valence-corrected chi connectivity index (χ2v) is 21.5. The molecule has 3 heterocycles. The van der Waals surface area contributed by atoms with Crippen molar-refractivity contribution in [3.63, 3.8) is 0 Å². The fourth-order valence-corrected chi connectivity index (χ4v) is 11.3. The first-order valence-corrected chi connectivity index (χ1v) is 29.6. The number of nitrogens with zero attached hydrogens (tertiary/aromatic N) is 10. The molecule has 83 heavy (non-hydrogen) atoms. The van der Waals surface area contributed by atoms with Gasteiger partial charge < -0.3 is 14.7 Å². The monoisotopic (exact) mass is 1090 g/mol. The van der Waals surface area contributed by atoms with Crippen LogP contribution in [-0.4, -0.2) is 40.3 Å². The molecular weight excluding hydrogens is 1020 g/mol. The highest BCUT2D eigenvalue weighted by atomic mass is 15.5. The number of aryl methyl sites for hydroxylation is 5. The summed E-state index contributed by atoms with van der Waals surface area (Å²) >= 11 is 0. The van der Waals surface area contributed by atoms with Gasteiger partial charge in [0.25, 0.3) is 0 Å². The molecule has 10 nitrogen and oxygen atoms in total. The Morgan fingerprint density at radius 1 is 0.349 bits per heavy atom. The van der Waals surface area contributed by atoms with Gasteiger partial charge >= 0.3 is 0 Å². The largest absolute Gasteiger partial charge is 0.311 e. The van der Waals surface area contributed by atoms with Crippen molar-refractivity contribution in [2.24, 2.45) is 41.8 Å². The number of allylic oxidation sites excluding steroid dienone is 3. The number of amidine groups is 3. The Balaban J connectivity index is 0.947. The van der Waals surface area contributed by atoms with Crippen LogP contribution < -0.4 is 14.7 Å². The molecule has 0 N–H and O–H groups in total. The summed E-state index contributed by atoms with van der Waals surface area (Å²) in [5.74, 6) is 3.56. The minimum atomic E-state index is 0.391. The number of guanidine groups is 3. The Morgan fingerprint density at radius 2 is 0.651 bits per heavy atom. The molecule has 0 bridgehead atoms. The molecular formula is C73H70N10. The van der Waals surface area contributed by atoms with Gasteiger partial charge in [-0.05, 0) is 218 Å².